The van der Waals surface area contributed by atoms with Crippen LogP contribution in [0.25, 0.3) is 17.1 Å². The maximum absolute atomic E-state index is 13.6. The molecule has 214 valence electrons. The first-order chi connectivity index (χ1) is 19.9. The summed E-state index contributed by atoms with van der Waals surface area (Å²) in [6, 6.07) is 24.5. The van der Waals surface area contributed by atoms with E-state index in [-0.39, 0.29) is 5.91 Å². The van der Waals surface area contributed by atoms with Gasteiger partial charge >= 0.3 is 0 Å². The average Bonchev–Trinajstić information content (AvgIpc) is 3.35. The summed E-state index contributed by atoms with van der Waals surface area (Å²) in [6.07, 6.45) is 0.926. The van der Waals surface area contributed by atoms with Crippen molar-refractivity contribution in [3.05, 3.63) is 95.3 Å². The number of aryl methyl sites for hydroxylation is 1. The predicted octanol–water partition coefficient (Wildman–Crippen LogP) is 5.76. The Hall–Kier alpha value is -4.10. The second-order valence-corrected chi connectivity index (χ2v) is 10.9. The first-order valence-electron chi connectivity index (χ1n) is 14.5. The lowest BCUT2D eigenvalue weighted by Gasteiger charge is -2.37. The van der Waals surface area contributed by atoms with Crippen molar-refractivity contribution in [1.29, 1.82) is 0 Å². The molecule has 0 spiro atoms. The van der Waals surface area contributed by atoms with E-state index in [1.54, 1.807) is 7.11 Å². The molecule has 0 unspecified atom stereocenters. The SMILES string of the molecule is COc1ccc(-n2c(-c3ccccc3)nc(C(=O)N(C)CCCN3CCN(c4cccc(C)c4C)CC3)c2C)cc1. The maximum atomic E-state index is 13.6. The highest BCUT2D eigenvalue weighted by Gasteiger charge is 2.24. The molecule has 1 aromatic heterocycles. The lowest BCUT2D eigenvalue weighted by Crippen LogP contribution is -2.47. The zero-order chi connectivity index (χ0) is 28.9. The Kier molecular flexibility index (Phi) is 8.74. The summed E-state index contributed by atoms with van der Waals surface area (Å²) in [7, 11) is 3.54. The number of methoxy groups -OCH3 is 1. The van der Waals surface area contributed by atoms with E-state index in [4.69, 9.17) is 9.72 Å². The van der Waals surface area contributed by atoms with Crippen LogP contribution in [0.1, 0.15) is 33.7 Å². The molecule has 1 fully saturated rings. The fourth-order valence-corrected chi connectivity index (χ4v) is 5.64. The molecule has 0 bridgehead atoms. The maximum Gasteiger partial charge on any atom is 0.274 e. The summed E-state index contributed by atoms with van der Waals surface area (Å²) >= 11 is 0. The van der Waals surface area contributed by atoms with E-state index in [9.17, 15) is 4.79 Å². The molecule has 5 rings (SSSR count). The van der Waals surface area contributed by atoms with E-state index >= 15 is 0 Å². The third-order valence-corrected chi connectivity index (χ3v) is 8.28. The van der Waals surface area contributed by atoms with Crippen molar-refractivity contribution >= 4 is 11.6 Å². The van der Waals surface area contributed by atoms with E-state index in [0.717, 1.165) is 67.7 Å². The number of hydrogen-bond donors (Lipinski definition) is 0. The van der Waals surface area contributed by atoms with Gasteiger partial charge in [-0.05, 0) is 75.2 Å². The quantitative estimate of drug-likeness (QED) is 0.265. The zero-order valence-electron chi connectivity index (χ0n) is 24.9. The summed E-state index contributed by atoms with van der Waals surface area (Å²) < 4.78 is 7.41. The highest BCUT2D eigenvalue weighted by molar-refractivity contribution is 5.94. The van der Waals surface area contributed by atoms with Gasteiger partial charge in [0, 0.05) is 56.7 Å². The molecule has 2 heterocycles. The van der Waals surface area contributed by atoms with Gasteiger partial charge in [-0.1, -0.05) is 42.5 Å². The molecule has 41 heavy (non-hydrogen) atoms. The van der Waals surface area contributed by atoms with E-state index in [0.29, 0.717) is 12.2 Å². The van der Waals surface area contributed by atoms with Crippen LogP contribution in [-0.2, 0) is 0 Å². The molecule has 0 saturated carbocycles. The van der Waals surface area contributed by atoms with Gasteiger partial charge in [-0.3, -0.25) is 14.3 Å². The van der Waals surface area contributed by atoms with Crippen LogP contribution >= 0.6 is 0 Å². The Balaban J connectivity index is 1.23. The molecule has 7 nitrogen and oxygen atoms in total. The summed E-state index contributed by atoms with van der Waals surface area (Å²) in [5.74, 6) is 1.49. The summed E-state index contributed by atoms with van der Waals surface area (Å²) in [6.45, 7) is 12.2. The van der Waals surface area contributed by atoms with Crippen LogP contribution in [0.2, 0.25) is 0 Å². The number of piperazine rings is 1. The zero-order valence-corrected chi connectivity index (χ0v) is 24.9. The molecule has 1 aliphatic heterocycles. The molecule has 0 aliphatic carbocycles. The number of hydrogen-bond acceptors (Lipinski definition) is 5. The fourth-order valence-electron chi connectivity index (χ4n) is 5.64. The van der Waals surface area contributed by atoms with Gasteiger partial charge in [-0.15, -0.1) is 0 Å². The second kappa shape index (κ2) is 12.6. The Labute approximate surface area is 244 Å². The lowest BCUT2D eigenvalue weighted by molar-refractivity contribution is 0.0782. The number of imidazole rings is 1. The molecule has 1 saturated heterocycles. The molecule has 0 radical (unpaired) electrons. The van der Waals surface area contributed by atoms with Gasteiger partial charge in [-0.2, -0.15) is 0 Å². The van der Waals surface area contributed by atoms with Gasteiger partial charge in [0.05, 0.1) is 12.8 Å². The fraction of sp³-hybridized carbons (Fsp3) is 0.353. The summed E-state index contributed by atoms with van der Waals surface area (Å²) in [5.41, 5.74) is 7.30. The molecule has 4 aromatic rings. The van der Waals surface area contributed by atoms with Crippen LogP contribution in [0, 0.1) is 20.8 Å². The van der Waals surface area contributed by atoms with Crippen molar-refractivity contribution in [1.82, 2.24) is 19.4 Å². The summed E-state index contributed by atoms with van der Waals surface area (Å²) in [4.78, 5) is 25.4. The number of rotatable bonds is 9. The molecule has 1 amide bonds. The second-order valence-electron chi connectivity index (χ2n) is 10.9. The van der Waals surface area contributed by atoms with Crippen LogP contribution in [-0.4, -0.2) is 78.7 Å². The number of carbonyl (C=O) groups is 1. The Morgan fingerprint density at radius 3 is 2.29 bits per heavy atom. The van der Waals surface area contributed by atoms with Crippen molar-refractivity contribution in [2.45, 2.75) is 27.2 Å². The first kappa shape index (κ1) is 28.4. The molecule has 0 atom stereocenters. The minimum Gasteiger partial charge on any atom is -0.497 e. The Bertz CT molecular complexity index is 1470. The highest BCUT2D eigenvalue weighted by Crippen LogP contribution is 2.28. The standard InChI is InChI=1S/C34H41N5O2/c1-25-11-9-14-31(26(25)2)38-23-21-37(22-24-38)20-10-19-36(4)34(40)32-27(3)39(29-15-17-30(41-5)18-16-29)33(35-32)28-12-7-6-8-13-28/h6-9,11-18H,10,19-24H2,1-5H3. The normalized spacial score (nSPS) is 13.8. The molecule has 1 aliphatic rings. The third kappa shape index (κ3) is 6.15. The van der Waals surface area contributed by atoms with E-state index in [1.807, 2.05) is 73.5 Å². The van der Waals surface area contributed by atoms with Crippen molar-refractivity contribution in [2.75, 3.05) is 58.3 Å². The van der Waals surface area contributed by atoms with Crippen LogP contribution in [0.5, 0.6) is 5.75 Å². The van der Waals surface area contributed by atoms with E-state index in [1.165, 1.54) is 16.8 Å². The van der Waals surface area contributed by atoms with Gasteiger partial charge in [0.25, 0.3) is 5.91 Å². The molecule has 3 aromatic carbocycles. The Morgan fingerprint density at radius 1 is 0.902 bits per heavy atom. The topological polar surface area (TPSA) is 53.8 Å². The molecule has 7 heteroatoms. The molecular weight excluding hydrogens is 510 g/mol. The number of aromatic nitrogens is 2. The molecule has 0 N–H and O–H groups in total. The smallest absolute Gasteiger partial charge is 0.274 e. The largest absolute Gasteiger partial charge is 0.497 e. The lowest BCUT2D eigenvalue weighted by atomic mass is 10.1. The van der Waals surface area contributed by atoms with Gasteiger partial charge in [0.2, 0.25) is 0 Å². The van der Waals surface area contributed by atoms with Crippen molar-refractivity contribution in [2.24, 2.45) is 0 Å². The minimum atomic E-state index is -0.0494. The first-order valence-corrected chi connectivity index (χ1v) is 14.5. The number of carbonyl (C=O) groups excluding carboxylic acids is 1. The van der Waals surface area contributed by atoms with E-state index < -0.39 is 0 Å². The Morgan fingerprint density at radius 2 is 1.61 bits per heavy atom. The van der Waals surface area contributed by atoms with E-state index in [2.05, 4.69) is 46.4 Å². The van der Waals surface area contributed by atoms with Crippen molar-refractivity contribution < 1.29 is 9.53 Å². The van der Waals surface area contributed by atoms with Gasteiger partial charge in [0.15, 0.2) is 0 Å². The number of anilines is 1. The number of nitrogens with zero attached hydrogens (tertiary/aromatic N) is 5. The minimum absolute atomic E-state index is 0.0494. The highest BCUT2D eigenvalue weighted by atomic mass is 16.5. The number of amides is 1. The number of benzene rings is 3. The van der Waals surface area contributed by atoms with Gasteiger partial charge < -0.3 is 14.5 Å². The third-order valence-electron chi connectivity index (χ3n) is 8.28. The van der Waals surface area contributed by atoms with Gasteiger partial charge in [0.1, 0.15) is 17.3 Å². The van der Waals surface area contributed by atoms with Crippen LogP contribution in [0.15, 0.2) is 72.8 Å². The number of ether oxygens (including phenoxy) is 1. The predicted molar refractivity (Wildman–Crippen MR) is 166 cm³/mol. The van der Waals surface area contributed by atoms with Crippen LogP contribution < -0.4 is 9.64 Å². The average molecular weight is 552 g/mol. The van der Waals surface area contributed by atoms with Crippen LogP contribution in [0.4, 0.5) is 5.69 Å². The summed E-state index contributed by atoms with van der Waals surface area (Å²) in [5, 5.41) is 0. The monoisotopic (exact) mass is 551 g/mol. The van der Waals surface area contributed by atoms with Crippen molar-refractivity contribution in [3.63, 3.8) is 0 Å². The molecular formula is C34H41N5O2. The van der Waals surface area contributed by atoms with Gasteiger partial charge in [-0.25, -0.2) is 4.98 Å². The van der Waals surface area contributed by atoms with Crippen molar-refractivity contribution in [3.8, 4) is 22.8 Å². The van der Waals surface area contributed by atoms with Crippen LogP contribution in [0.3, 0.4) is 0 Å².